The van der Waals surface area contributed by atoms with Gasteiger partial charge < -0.3 is 16.0 Å². The van der Waals surface area contributed by atoms with E-state index in [2.05, 4.69) is 39.5 Å². The van der Waals surface area contributed by atoms with Crippen LogP contribution in [-0.4, -0.2) is 28.6 Å². The zero-order valence-electron chi connectivity index (χ0n) is 14.0. The summed E-state index contributed by atoms with van der Waals surface area (Å²) < 4.78 is 0. The molecule has 126 valence electrons. The van der Waals surface area contributed by atoms with Crippen molar-refractivity contribution in [3.05, 3.63) is 47.7 Å². The molecule has 3 N–H and O–H groups in total. The number of nitrogens with one attached hydrogen (secondary N) is 1. The van der Waals surface area contributed by atoms with Gasteiger partial charge >= 0.3 is 0 Å². The molecule has 1 saturated carbocycles. The summed E-state index contributed by atoms with van der Waals surface area (Å²) >= 11 is 0. The van der Waals surface area contributed by atoms with Crippen molar-refractivity contribution < 1.29 is 0 Å². The van der Waals surface area contributed by atoms with Gasteiger partial charge in [0.2, 0.25) is 5.95 Å². The van der Waals surface area contributed by atoms with E-state index in [1.54, 1.807) is 0 Å². The van der Waals surface area contributed by atoms with Crippen LogP contribution in [-0.2, 0) is 13.0 Å². The van der Waals surface area contributed by atoms with Crippen LogP contribution < -0.4 is 16.0 Å². The molecule has 1 aliphatic carbocycles. The molecule has 1 aliphatic heterocycles. The number of nitrogens with zero attached hydrogens (tertiary/aromatic N) is 3. The molecular weight excluding hydrogens is 298 g/mol. The highest BCUT2D eigenvalue weighted by Gasteiger charge is 2.23. The van der Waals surface area contributed by atoms with E-state index >= 15 is 0 Å². The van der Waals surface area contributed by atoms with Gasteiger partial charge in [0.1, 0.15) is 5.82 Å². The number of benzene rings is 1. The van der Waals surface area contributed by atoms with Crippen LogP contribution in [0.2, 0.25) is 0 Å². The van der Waals surface area contributed by atoms with Gasteiger partial charge in [0, 0.05) is 31.4 Å². The number of aromatic nitrogens is 2. The summed E-state index contributed by atoms with van der Waals surface area (Å²) in [6.07, 6.45) is 7.56. The van der Waals surface area contributed by atoms with Crippen LogP contribution in [0.1, 0.15) is 36.8 Å². The second-order valence-electron chi connectivity index (χ2n) is 6.88. The highest BCUT2D eigenvalue weighted by atomic mass is 15.2. The van der Waals surface area contributed by atoms with Crippen LogP contribution in [0.25, 0.3) is 0 Å². The van der Waals surface area contributed by atoms with E-state index < -0.39 is 0 Å². The summed E-state index contributed by atoms with van der Waals surface area (Å²) in [7, 11) is 0. The normalized spacial score (nSPS) is 23.6. The number of hydrogen-bond acceptors (Lipinski definition) is 5. The van der Waals surface area contributed by atoms with Gasteiger partial charge in [-0.1, -0.05) is 37.1 Å². The Balaban J connectivity index is 1.49. The molecule has 1 fully saturated rings. The largest absolute Gasteiger partial charge is 0.352 e. The molecule has 0 amide bonds. The fraction of sp³-hybridized carbons (Fsp3) is 0.474. The molecule has 2 aromatic rings. The Morgan fingerprint density at radius 1 is 1.08 bits per heavy atom. The van der Waals surface area contributed by atoms with Crippen molar-refractivity contribution in [3.63, 3.8) is 0 Å². The Kier molecular flexibility index (Phi) is 4.34. The quantitative estimate of drug-likeness (QED) is 0.909. The van der Waals surface area contributed by atoms with E-state index in [9.17, 15) is 0 Å². The van der Waals surface area contributed by atoms with E-state index in [1.165, 1.54) is 24.0 Å². The third-order valence-corrected chi connectivity index (χ3v) is 5.23. The van der Waals surface area contributed by atoms with Crippen molar-refractivity contribution in [1.82, 2.24) is 9.97 Å². The summed E-state index contributed by atoms with van der Waals surface area (Å²) in [4.78, 5) is 11.5. The van der Waals surface area contributed by atoms with Crippen LogP contribution in [0, 0.1) is 0 Å². The van der Waals surface area contributed by atoms with Crippen molar-refractivity contribution in [3.8, 4) is 0 Å². The molecule has 5 nitrogen and oxygen atoms in total. The Hall–Kier alpha value is -2.14. The van der Waals surface area contributed by atoms with E-state index in [0.29, 0.717) is 5.95 Å². The molecule has 24 heavy (non-hydrogen) atoms. The first-order chi connectivity index (χ1) is 11.8. The molecule has 1 aromatic heterocycles. The topological polar surface area (TPSA) is 67.1 Å². The van der Waals surface area contributed by atoms with Crippen LogP contribution in [0.5, 0.6) is 0 Å². The lowest BCUT2D eigenvalue weighted by atomic mass is 9.91. The summed E-state index contributed by atoms with van der Waals surface area (Å²) in [6.45, 7) is 1.91. The summed E-state index contributed by atoms with van der Waals surface area (Å²) in [5.74, 6) is 1.69. The van der Waals surface area contributed by atoms with Crippen LogP contribution in [0.15, 0.2) is 36.5 Å². The first kappa shape index (κ1) is 15.4. The maximum absolute atomic E-state index is 6.23. The molecular formula is C19H25N5. The minimum Gasteiger partial charge on any atom is -0.352 e. The highest BCUT2D eigenvalue weighted by molar-refractivity contribution is 5.46. The van der Waals surface area contributed by atoms with Crippen molar-refractivity contribution in [2.75, 3.05) is 16.8 Å². The first-order valence-electron chi connectivity index (χ1n) is 8.96. The average Bonchev–Trinajstić information content (AvgIpc) is 2.63. The Bertz CT molecular complexity index is 702. The monoisotopic (exact) mass is 323 g/mol. The minimum absolute atomic E-state index is 0.202. The fourth-order valence-corrected chi connectivity index (χ4v) is 3.79. The smallest absolute Gasteiger partial charge is 0.224 e. The van der Waals surface area contributed by atoms with E-state index in [-0.39, 0.29) is 12.1 Å². The second-order valence-corrected chi connectivity index (χ2v) is 6.88. The fourth-order valence-electron chi connectivity index (χ4n) is 3.79. The highest BCUT2D eigenvalue weighted by Crippen LogP contribution is 2.24. The molecule has 4 rings (SSSR count). The third-order valence-electron chi connectivity index (χ3n) is 5.23. The Morgan fingerprint density at radius 3 is 2.79 bits per heavy atom. The lowest BCUT2D eigenvalue weighted by Gasteiger charge is -2.31. The molecule has 0 radical (unpaired) electrons. The number of anilines is 2. The molecule has 5 heteroatoms. The second kappa shape index (κ2) is 6.77. The zero-order valence-corrected chi connectivity index (χ0v) is 14.0. The van der Waals surface area contributed by atoms with Crippen molar-refractivity contribution in [2.24, 2.45) is 5.73 Å². The number of hydrogen-bond donors (Lipinski definition) is 2. The molecule has 1 aromatic carbocycles. The molecule has 2 atom stereocenters. The maximum Gasteiger partial charge on any atom is 0.224 e. The van der Waals surface area contributed by atoms with Crippen molar-refractivity contribution in [2.45, 2.75) is 50.7 Å². The zero-order chi connectivity index (χ0) is 16.4. The molecule has 0 spiro atoms. The van der Waals surface area contributed by atoms with Crippen LogP contribution >= 0.6 is 0 Å². The van der Waals surface area contributed by atoms with E-state index in [0.717, 1.165) is 38.2 Å². The van der Waals surface area contributed by atoms with Gasteiger partial charge in [0.05, 0.1) is 0 Å². The molecule has 0 bridgehead atoms. The first-order valence-corrected chi connectivity index (χ1v) is 8.96. The molecule has 0 saturated heterocycles. The van der Waals surface area contributed by atoms with Gasteiger partial charge in [-0.3, -0.25) is 0 Å². The SMILES string of the molecule is N[C@@H]1CCCC[C@@H]1Nc1nccc(N2CCc3ccccc3C2)n1. The molecule has 2 heterocycles. The summed E-state index contributed by atoms with van der Waals surface area (Å²) in [6, 6.07) is 11.2. The molecule has 2 aliphatic rings. The predicted octanol–water partition coefficient (Wildman–Crippen LogP) is 2.72. The van der Waals surface area contributed by atoms with Crippen molar-refractivity contribution >= 4 is 11.8 Å². The third kappa shape index (κ3) is 3.22. The summed E-state index contributed by atoms with van der Waals surface area (Å²) in [5.41, 5.74) is 9.08. The van der Waals surface area contributed by atoms with E-state index in [4.69, 9.17) is 10.7 Å². The van der Waals surface area contributed by atoms with Gasteiger partial charge in [-0.15, -0.1) is 0 Å². The minimum atomic E-state index is 0.202. The Morgan fingerprint density at radius 2 is 1.92 bits per heavy atom. The maximum atomic E-state index is 6.23. The standard InChI is InChI=1S/C19H25N5/c20-16-7-3-4-8-17(16)22-19-21-11-9-18(23-19)24-12-10-14-5-1-2-6-15(14)13-24/h1-2,5-6,9,11,16-17H,3-4,7-8,10,12-13,20H2,(H,21,22,23)/t16-,17+/m1/s1. The summed E-state index contributed by atoms with van der Waals surface area (Å²) in [5, 5.41) is 3.46. The van der Waals surface area contributed by atoms with E-state index in [1.807, 2.05) is 12.3 Å². The van der Waals surface area contributed by atoms with Crippen molar-refractivity contribution in [1.29, 1.82) is 0 Å². The van der Waals surface area contributed by atoms with Gasteiger partial charge in [0.25, 0.3) is 0 Å². The number of nitrogens with two attached hydrogens (primary N) is 1. The predicted molar refractivity (Wildman–Crippen MR) is 97.1 cm³/mol. The number of rotatable bonds is 3. The van der Waals surface area contributed by atoms with Gasteiger partial charge in [0.15, 0.2) is 0 Å². The lowest BCUT2D eigenvalue weighted by molar-refractivity contribution is 0.402. The number of fused-ring (bicyclic) bond motifs is 1. The van der Waals surface area contributed by atoms with Crippen LogP contribution in [0.3, 0.4) is 0 Å². The lowest BCUT2D eigenvalue weighted by Crippen LogP contribution is -2.43. The van der Waals surface area contributed by atoms with Gasteiger partial charge in [-0.05, 0) is 36.5 Å². The molecule has 0 unspecified atom stereocenters. The van der Waals surface area contributed by atoms with Gasteiger partial charge in [-0.2, -0.15) is 4.98 Å². The average molecular weight is 323 g/mol. The van der Waals surface area contributed by atoms with Gasteiger partial charge in [-0.25, -0.2) is 4.98 Å². The Labute approximate surface area is 143 Å². The van der Waals surface area contributed by atoms with Crippen LogP contribution in [0.4, 0.5) is 11.8 Å².